The number of aliphatic hydroxyl groups is 2. The second kappa shape index (κ2) is 8.56. The Morgan fingerprint density at radius 2 is 1.86 bits per heavy atom. The molecule has 3 aliphatic rings. The van der Waals surface area contributed by atoms with Gasteiger partial charge in [0.05, 0.1) is 18.7 Å². The number of halogens is 1. The first-order valence-electron chi connectivity index (χ1n) is 10.7. The summed E-state index contributed by atoms with van der Waals surface area (Å²) in [4.78, 5) is 53.2. The minimum absolute atomic E-state index is 0.134. The summed E-state index contributed by atoms with van der Waals surface area (Å²) in [5.74, 6) is -8.69. The summed E-state index contributed by atoms with van der Waals surface area (Å²) in [6.07, 6.45) is -2.94. The number of aromatic hydroxyl groups is 1. The van der Waals surface area contributed by atoms with Crippen molar-refractivity contribution in [3.8, 4) is 5.75 Å². The van der Waals surface area contributed by atoms with Crippen molar-refractivity contribution in [2.75, 3.05) is 21.2 Å². The molecule has 0 radical (unpaired) electrons. The predicted molar refractivity (Wildman–Crippen MR) is 124 cm³/mol. The zero-order valence-corrected chi connectivity index (χ0v) is 20.6. The summed E-state index contributed by atoms with van der Waals surface area (Å²) in [6.45, 7) is 0. The van der Waals surface area contributed by atoms with Gasteiger partial charge in [-0.25, -0.2) is 9.18 Å². The lowest BCUT2D eigenvalue weighted by Crippen LogP contribution is -2.68. The molecule has 1 amide bonds. The van der Waals surface area contributed by atoms with Crippen LogP contribution in [0.1, 0.15) is 11.1 Å². The Kier molecular flexibility index (Phi) is 6.09. The fourth-order valence-electron chi connectivity index (χ4n) is 5.58. The quantitative estimate of drug-likeness (QED) is 0.252. The van der Waals surface area contributed by atoms with Gasteiger partial charge in [0.1, 0.15) is 39.9 Å². The van der Waals surface area contributed by atoms with E-state index in [9.17, 15) is 38.9 Å². The summed E-state index contributed by atoms with van der Waals surface area (Å²) in [6, 6.07) is 0.677. The molecule has 1 fully saturated rings. The highest BCUT2D eigenvalue weighted by molar-refractivity contribution is 7.22. The van der Waals surface area contributed by atoms with Crippen molar-refractivity contribution in [3.63, 3.8) is 0 Å². The molecule has 1 saturated carbocycles. The van der Waals surface area contributed by atoms with E-state index >= 15 is 0 Å². The van der Waals surface area contributed by atoms with Crippen LogP contribution in [0.15, 0.2) is 29.0 Å². The van der Waals surface area contributed by atoms with E-state index in [1.807, 2.05) is 0 Å². The van der Waals surface area contributed by atoms with Crippen LogP contribution >= 0.6 is 9.24 Å². The summed E-state index contributed by atoms with van der Waals surface area (Å²) in [5, 5.41) is 30.4. The van der Waals surface area contributed by atoms with Crippen LogP contribution in [-0.4, -0.2) is 82.4 Å². The minimum atomic E-state index is -2.16. The van der Waals surface area contributed by atoms with Gasteiger partial charge < -0.3 is 30.5 Å². The Balaban J connectivity index is 2.09. The van der Waals surface area contributed by atoms with Crippen LogP contribution in [-0.2, 0) is 30.3 Å². The molecule has 0 aromatic heterocycles. The number of carbonyl (C=O) groups is 4. The average Bonchev–Trinajstić information content (AvgIpc) is 2.80. The van der Waals surface area contributed by atoms with Crippen molar-refractivity contribution in [2.45, 2.75) is 23.7 Å². The zero-order chi connectivity index (χ0) is 26.9. The molecule has 1 aromatic carbocycles. The highest BCUT2D eigenvalue weighted by atomic mass is 31.0. The number of carbonyl (C=O) groups excluding carboxylic acids is 4. The van der Waals surface area contributed by atoms with Crippen LogP contribution in [0.5, 0.6) is 5.75 Å². The number of hydrogen-bond acceptors (Lipinski definition) is 10. The lowest BCUT2D eigenvalue weighted by molar-refractivity contribution is -0.138. The van der Waals surface area contributed by atoms with Crippen molar-refractivity contribution >= 4 is 38.6 Å². The maximum absolute atomic E-state index is 14.8. The van der Waals surface area contributed by atoms with Crippen LogP contribution in [0.25, 0.3) is 5.76 Å². The Bertz CT molecular complexity index is 1290. The first-order chi connectivity index (χ1) is 16.8. The van der Waals surface area contributed by atoms with Gasteiger partial charge in [-0.2, -0.15) is 0 Å². The molecule has 4 rings (SSSR count). The van der Waals surface area contributed by atoms with Crippen LogP contribution in [0.2, 0.25) is 0 Å². The fourth-order valence-corrected chi connectivity index (χ4v) is 6.25. The molecule has 6 atom stereocenters. The number of phenols is 1. The largest absolute Gasteiger partial charge is 0.510 e. The SMILES string of the molecule is COC(=O)O[C@@H]1[C@H]2[C@H](N(C)C)C(=O)C(C(N)=O)=C(O)[C@@]2(P)C(=O)C2=C(O)c3c(O)ccc(F)c3C[C@H]21. The van der Waals surface area contributed by atoms with E-state index in [1.54, 1.807) is 0 Å². The summed E-state index contributed by atoms with van der Waals surface area (Å²) < 4.78 is 24.9. The Labute approximate surface area is 206 Å². The lowest BCUT2D eigenvalue weighted by Gasteiger charge is -2.54. The third-order valence-electron chi connectivity index (χ3n) is 7.10. The van der Waals surface area contributed by atoms with Gasteiger partial charge in [0.2, 0.25) is 0 Å². The van der Waals surface area contributed by atoms with E-state index in [0.717, 1.165) is 19.2 Å². The monoisotopic (exact) mass is 522 g/mol. The first kappa shape index (κ1) is 25.6. The van der Waals surface area contributed by atoms with Gasteiger partial charge in [0, 0.05) is 23.0 Å². The summed E-state index contributed by atoms with van der Waals surface area (Å²) in [7, 11) is 6.10. The van der Waals surface area contributed by atoms with Gasteiger partial charge in [-0.1, -0.05) is 0 Å². The van der Waals surface area contributed by atoms with Crippen LogP contribution in [0.3, 0.4) is 0 Å². The molecular weight excluding hydrogens is 498 g/mol. The highest BCUT2D eigenvalue weighted by Crippen LogP contribution is 2.57. The summed E-state index contributed by atoms with van der Waals surface area (Å²) >= 11 is 0. The van der Waals surface area contributed by atoms with Crippen LogP contribution in [0, 0.1) is 17.7 Å². The number of phenolic OH excluding ortho intramolecular Hbond substituents is 1. The normalized spacial score (nSPS) is 29.5. The van der Waals surface area contributed by atoms with Gasteiger partial charge in [-0.3, -0.25) is 19.3 Å². The molecule has 1 aromatic rings. The predicted octanol–water partition coefficient (Wildman–Crippen LogP) is 0.747. The van der Waals surface area contributed by atoms with Gasteiger partial charge >= 0.3 is 6.16 Å². The number of allylic oxidation sites excluding steroid dienone is 1. The minimum Gasteiger partial charge on any atom is -0.510 e. The van der Waals surface area contributed by atoms with E-state index in [0.29, 0.717) is 0 Å². The molecule has 192 valence electrons. The molecule has 0 aliphatic heterocycles. The maximum atomic E-state index is 14.8. The number of ketones is 2. The number of hydrogen-bond donors (Lipinski definition) is 4. The van der Waals surface area contributed by atoms with Crippen LogP contribution in [0.4, 0.5) is 9.18 Å². The Morgan fingerprint density at radius 1 is 1.22 bits per heavy atom. The van der Waals surface area contributed by atoms with E-state index in [1.165, 1.54) is 19.0 Å². The molecule has 0 heterocycles. The number of methoxy groups -OCH3 is 1. The van der Waals surface area contributed by atoms with Crippen molar-refractivity contribution in [2.24, 2.45) is 17.6 Å². The number of Topliss-reactive ketones (excluding diaryl/α,β-unsaturated/α-hetero) is 2. The van der Waals surface area contributed by atoms with Crippen molar-refractivity contribution < 1.29 is 48.4 Å². The highest BCUT2D eigenvalue weighted by Gasteiger charge is 2.67. The number of ether oxygens (including phenoxy) is 2. The molecule has 11 nitrogen and oxygen atoms in total. The van der Waals surface area contributed by atoms with E-state index in [-0.39, 0.29) is 23.1 Å². The Hall–Kier alpha value is -3.50. The topological polar surface area (TPSA) is 177 Å². The third kappa shape index (κ3) is 3.31. The van der Waals surface area contributed by atoms with Gasteiger partial charge in [-0.05, 0) is 32.6 Å². The number of rotatable bonds is 3. The Morgan fingerprint density at radius 3 is 2.42 bits per heavy atom. The number of nitrogens with zero attached hydrogens (tertiary/aromatic N) is 1. The van der Waals surface area contributed by atoms with Gasteiger partial charge in [0.15, 0.2) is 11.6 Å². The third-order valence-corrected chi connectivity index (χ3v) is 8.02. The smallest absolute Gasteiger partial charge is 0.508 e. The fraction of sp³-hybridized carbons (Fsp3) is 0.391. The number of aliphatic hydroxyl groups excluding tert-OH is 2. The van der Waals surface area contributed by atoms with Crippen molar-refractivity contribution in [3.05, 3.63) is 46.0 Å². The molecule has 3 aliphatic carbocycles. The number of likely N-dealkylation sites (N-methyl/N-ethyl adjacent to an activating group) is 1. The number of amides is 1. The van der Waals surface area contributed by atoms with E-state index in [2.05, 4.69) is 14.0 Å². The molecule has 1 unspecified atom stereocenters. The molecule has 5 N–H and O–H groups in total. The molecular formula is C23H24FN2O9P. The van der Waals surface area contributed by atoms with Crippen molar-refractivity contribution in [1.82, 2.24) is 4.90 Å². The number of nitrogens with two attached hydrogens (primary N) is 1. The van der Waals surface area contributed by atoms with E-state index < -0.39 is 81.4 Å². The summed E-state index contributed by atoms with van der Waals surface area (Å²) in [5.41, 5.74) is 3.72. The first-order valence-corrected chi connectivity index (χ1v) is 11.3. The zero-order valence-electron chi connectivity index (χ0n) is 19.4. The second-order valence-corrected chi connectivity index (χ2v) is 10.0. The van der Waals surface area contributed by atoms with Crippen molar-refractivity contribution in [1.29, 1.82) is 0 Å². The molecule has 36 heavy (non-hydrogen) atoms. The molecule has 0 spiro atoms. The maximum Gasteiger partial charge on any atom is 0.508 e. The van der Waals surface area contributed by atoms with Crippen LogP contribution < -0.4 is 5.73 Å². The lowest BCUT2D eigenvalue weighted by atomic mass is 9.57. The average molecular weight is 522 g/mol. The molecule has 13 heteroatoms. The number of benzene rings is 1. The van der Waals surface area contributed by atoms with E-state index in [4.69, 9.17) is 10.5 Å². The molecule has 0 saturated heterocycles. The van der Waals surface area contributed by atoms with Gasteiger partial charge in [-0.15, -0.1) is 9.24 Å². The number of fused-ring (bicyclic) bond motifs is 3. The standard InChI is InChI=1S/C23H24FN2O9P/c1-26(2)15-14-18(35-22(33)34-3)8-6-7-9(24)4-5-10(27)11(7)16(28)12(8)19(30)23(14,36)20(31)13(17(15)29)21(25)32/h4-5,8,14-15,18,27-28,31H,6,36H2,1-3H3,(H2,25,32)/t8-,14-,15+,18+,23+/m1/s1. The number of primary amides is 1. The van der Waals surface area contributed by atoms with Gasteiger partial charge in [0.25, 0.3) is 5.91 Å². The second-order valence-electron chi connectivity index (χ2n) is 9.11. The molecule has 0 bridgehead atoms.